The van der Waals surface area contributed by atoms with Crippen molar-refractivity contribution in [2.75, 3.05) is 0 Å². The van der Waals surface area contributed by atoms with Gasteiger partial charge in [0, 0.05) is 11.1 Å². The zero-order chi connectivity index (χ0) is 15.8. The van der Waals surface area contributed by atoms with Crippen LogP contribution in [0.1, 0.15) is 21.8 Å². The van der Waals surface area contributed by atoms with Crippen LogP contribution in [0.5, 0.6) is 0 Å². The lowest BCUT2D eigenvalue weighted by Crippen LogP contribution is -2.09. The number of carboxylic acids is 1. The molecule has 112 valence electrons. The van der Waals surface area contributed by atoms with E-state index in [-0.39, 0.29) is 26.2 Å². The van der Waals surface area contributed by atoms with E-state index >= 15 is 0 Å². The fraction of sp³-hybridized carbons (Fsp3) is 0.167. The van der Waals surface area contributed by atoms with Crippen LogP contribution in [0.4, 0.5) is 0 Å². The standard InChI is InChI=1S/C12H9Cl2NO5S/c1-6-2-8(15-20-6)5-21(18,19)10-4-7(13)3-9(11(10)14)12(16)17/h2-4H,5H2,1H3,(H,16,17). The van der Waals surface area contributed by atoms with Gasteiger partial charge in [-0.05, 0) is 19.1 Å². The molecule has 0 spiro atoms. The third kappa shape index (κ3) is 3.37. The minimum Gasteiger partial charge on any atom is -0.478 e. The number of halogens is 2. The Morgan fingerprint density at radius 2 is 2.00 bits per heavy atom. The average molecular weight is 350 g/mol. The molecule has 0 saturated carbocycles. The van der Waals surface area contributed by atoms with Crippen LogP contribution in [0.3, 0.4) is 0 Å². The van der Waals surface area contributed by atoms with Crippen LogP contribution in [0, 0.1) is 6.92 Å². The highest BCUT2D eigenvalue weighted by atomic mass is 35.5. The highest BCUT2D eigenvalue weighted by Gasteiger charge is 2.25. The second-order valence-electron chi connectivity index (χ2n) is 4.26. The summed E-state index contributed by atoms with van der Waals surface area (Å²) in [6, 6.07) is 3.66. The number of hydrogen-bond donors (Lipinski definition) is 1. The van der Waals surface area contributed by atoms with Crippen molar-refractivity contribution in [3.63, 3.8) is 0 Å². The van der Waals surface area contributed by atoms with Crippen molar-refractivity contribution in [2.45, 2.75) is 17.6 Å². The number of hydrogen-bond acceptors (Lipinski definition) is 5. The molecule has 21 heavy (non-hydrogen) atoms. The molecule has 0 aliphatic carbocycles. The van der Waals surface area contributed by atoms with Gasteiger partial charge in [0.2, 0.25) is 0 Å². The highest BCUT2D eigenvalue weighted by Crippen LogP contribution is 2.31. The van der Waals surface area contributed by atoms with Gasteiger partial charge in [-0.3, -0.25) is 0 Å². The molecule has 0 bridgehead atoms. The SMILES string of the molecule is Cc1cc(CS(=O)(=O)c2cc(Cl)cc(C(=O)O)c2Cl)no1. The summed E-state index contributed by atoms with van der Waals surface area (Å²) in [6.07, 6.45) is 0. The Kier molecular flexibility index (Phi) is 4.27. The van der Waals surface area contributed by atoms with Crippen molar-refractivity contribution in [1.29, 1.82) is 0 Å². The van der Waals surface area contributed by atoms with Crippen molar-refractivity contribution in [1.82, 2.24) is 5.16 Å². The van der Waals surface area contributed by atoms with Crippen LogP contribution in [0.2, 0.25) is 10.0 Å². The fourth-order valence-electron chi connectivity index (χ4n) is 1.70. The average Bonchev–Trinajstić information content (AvgIpc) is 2.76. The lowest BCUT2D eigenvalue weighted by molar-refractivity contribution is 0.0697. The van der Waals surface area contributed by atoms with Gasteiger partial charge in [-0.2, -0.15) is 0 Å². The Hall–Kier alpha value is -1.57. The molecule has 0 amide bonds. The molecular formula is C12H9Cl2NO5S. The van der Waals surface area contributed by atoms with E-state index in [9.17, 15) is 13.2 Å². The second-order valence-corrected chi connectivity index (χ2v) is 7.03. The predicted molar refractivity (Wildman–Crippen MR) is 75.6 cm³/mol. The smallest absolute Gasteiger partial charge is 0.337 e. The highest BCUT2D eigenvalue weighted by molar-refractivity contribution is 7.90. The minimum atomic E-state index is -3.91. The minimum absolute atomic E-state index is 0.0355. The number of rotatable bonds is 4. The number of aromatic nitrogens is 1. The fourth-order valence-corrected chi connectivity index (χ4v) is 3.90. The summed E-state index contributed by atoms with van der Waals surface area (Å²) >= 11 is 11.6. The number of sulfone groups is 1. The molecule has 6 nitrogen and oxygen atoms in total. The van der Waals surface area contributed by atoms with Crippen molar-refractivity contribution >= 4 is 39.0 Å². The normalized spacial score (nSPS) is 11.6. The number of aromatic carboxylic acids is 1. The molecule has 0 unspecified atom stereocenters. The molecule has 1 heterocycles. The van der Waals surface area contributed by atoms with Crippen LogP contribution in [-0.2, 0) is 15.6 Å². The molecule has 2 rings (SSSR count). The van der Waals surface area contributed by atoms with Gasteiger partial charge in [0.05, 0.1) is 21.2 Å². The summed E-state index contributed by atoms with van der Waals surface area (Å²) in [5.41, 5.74) is -0.181. The first kappa shape index (κ1) is 15.8. The van der Waals surface area contributed by atoms with Gasteiger partial charge in [-0.1, -0.05) is 28.4 Å². The van der Waals surface area contributed by atoms with E-state index in [0.29, 0.717) is 5.76 Å². The van der Waals surface area contributed by atoms with Crippen LogP contribution >= 0.6 is 23.2 Å². The first-order valence-electron chi connectivity index (χ1n) is 5.58. The Morgan fingerprint density at radius 3 is 2.52 bits per heavy atom. The first-order chi connectivity index (χ1) is 9.70. The Morgan fingerprint density at radius 1 is 1.33 bits per heavy atom. The summed E-state index contributed by atoms with van der Waals surface area (Å²) in [6.45, 7) is 1.62. The molecule has 0 atom stereocenters. The largest absolute Gasteiger partial charge is 0.478 e. The van der Waals surface area contributed by atoms with Gasteiger partial charge in [-0.15, -0.1) is 0 Å². The van der Waals surface area contributed by atoms with E-state index < -0.39 is 21.6 Å². The van der Waals surface area contributed by atoms with Crippen LogP contribution in [0.15, 0.2) is 27.6 Å². The predicted octanol–water partition coefficient (Wildman–Crippen LogP) is 2.96. The molecule has 0 radical (unpaired) electrons. The molecule has 0 aliphatic heterocycles. The summed E-state index contributed by atoms with van der Waals surface area (Å²) in [7, 11) is -3.91. The molecule has 2 aromatic rings. The van der Waals surface area contributed by atoms with Gasteiger partial charge in [0.25, 0.3) is 0 Å². The lowest BCUT2D eigenvalue weighted by Gasteiger charge is -2.08. The van der Waals surface area contributed by atoms with Crippen LogP contribution < -0.4 is 0 Å². The number of carbonyl (C=O) groups is 1. The van der Waals surface area contributed by atoms with Gasteiger partial charge in [-0.25, -0.2) is 13.2 Å². The zero-order valence-corrected chi connectivity index (χ0v) is 13.0. The Bertz CT molecular complexity index is 813. The van der Waals surface area contributed by atoms with Gasteiger partial charge >= 0.3 is 5.97 Å². The molecule has 9 heteroatoms. The quantitative estimate of drug-likeness (QED) is 0.910. The third-order valence-electron chi connectivity index (χ3n) is 2.58. The molecule has 0 fully saturated rings. The van der Waals surface area contributed by atoms with Crippen LogP contribution in [0.25, 0.3) is 0 Å². The number of carboxylic acid groups (broad SMARTS) is 1. The maximum atomic E-state index is 12.3. The summed E-state index contributed by atoms with van der Waals surface area (Å²) in [5, 5.41) is 12.2. The molecule has 0 saturated heterocycles. The monoisotopic (exact) mass is 349 g/mol. The van der Waals surface area contributed by atoms with E-state index in [2.05, 4.69) is 5.16 Å². The third-order valence-corrected chi connectivity index (χ3v) is 4.99. The first-order valence-corrected chi connectivity index (χ1v) is 7.99. The number of benzene rings is 1. The second kappa shape index (κ2) is 5.67. The van der Waals surface area contributed by atoms with Crippen LogP contribution in [-0.4, -0.2) is 24.7 Å². The number of aryl methyl sites for hydroxylation is 1. The lowest BCUT2D eigenvalue weighted by atomic mass is 10.2. The van der Waals surface area contributed by atoms with E-state index in [1.165, 1.54) is 6.07 Å². The molecule has 1 aromatic carbocycles. The van der Waals surface area contributed by atoms with Gasteiger partial charge in [0.15, 0.2) is 9.84 Å². The molecule has 0 aliphatic rings. The van der Waals surface area contributed by atoms with Gasteiger partial charge < -0.3 is 9.63 Å². The Balaban J connectivity index is 2.52. The van der Waals surface area contributed by atoms with Crippen molar-refractivity contribution in [2.24, 2.45) is 0 Å². The molecular weight excluding hydrogens is 341 g/mol. The van der Waals surface area contributed by atoms with Crippen molar-refractivity contribution in [3.8, 4) is 0 Å². The summed E-state index contributed by atoms with van der Waals surface area (Å²) in [4.78, 5) is 10.7. The Labute approximate surface area is 130 Å². The van der Waals surface area contributed by atoms with E-state index in [1.54, 1.807) is 6.92 Å². The maximum Gasteiger partial charge on any atom is 0.337 e. The van der Waals surface area contributed by atoms with E-state index in [1.807, 2.05) is 0 Å². The van der Waals surface area contributed by atoms with Gasteiger partial charge in [0.1, 0.15) is 11.5 Å². The van der Waals surface area contributed by atoms with E-state index in [0.717, 1.165) is 12.1 Å². The summed E-state index contributed by atoms with van der Waals surface area (Å²) < 4.78 is 29.5. The van der Waals surface area contributed by atoms with Crippen molar-refractivity contribution < 1.29 is 22.8 Å². The topological polar surface area (TPSA) is 97.5 Å². The molecule has 1 N–H and O–H groups in total. The summed E-state index contributed by atoms with van der Waals surface area (Å²) in [5.74, 6) is -1.37. The number of nitrogens with zero attached hydrogens (tertiary/aromatic N) is 1. The maximum absolute atomic E-state index is 12.3. The van der Waals surface area contributed by atoms with Crippen molar-refractivity contribution in [3.05, 3.63) is 45.3 Å². The zero-order valence-electron chi connectivity index (χ0n) is 10.6. The molecule has 1 aromatic heterocycles. The van der Waals surface area contributed by atoms with E-state index in [4.69, 9.17) is 32.8 Å².